The van der Waals surface area contributed by atoms with E-state index in [2.05, 4.69) is 17.1 Å². The third kappa shape index (κ3) is 4.71. The van der Waals surface area contributed by atoms with Crippen LogP contribution in [-0.2, 0) is 16.0 Å². The first kappa shape index (κ1) is 16.8. The Morgan fingerprint density at radius 1 is 1.55 bits per heavy atom. The quantitative estimate of drug-likeness (QED) is 0.864. The molecule has 2 unspecified atom stereocenters. The predicted molar refractivity (Wildman–Crippen MR) is 86.2 cm³/mol. The van der Waals surface area contributed by atoms with Crippen molar-refractivity contribution in [2.45, 2.75) is 32.4 Å². The number of morpholine rings is 1. The van der Waals surface area contributed by atoms with Gasteiger partial charge in [0.1, 0.15) is 11.9 Å². The summed E-state index contributed by atoms with van der Waals surface area (Å²) < 4.78 is 10.8. The highest BCUT2D eigenvalue weighted by atomic mass is 16.5. The van der Waals surface area contributed by atoms with E-state index in [-0.39, 0.29) is 18.1 Å². The number of hydrogen-bond acceptors (Lipinski definition) is 4. The molecule has 1 saturated heterocycles. The van der Waals surface area contributed by atoms with Gasteiger partial charge >= 0.3 is 0 Å². The number of carbonyl (C=O) groups excluding carboxylic acids is 1. The van der Waals surface area contributed by atoms with E-state index in [4.69, 9.17) is 9.47 Å². The fourth-order valence-corrected chi connectivity index (χ4v) is 2.69. The molecule has 1 fully saturated rings. The second-order valence-electron chi connectivity index (χ2n) is 5.72. The summed E-state index contributed by atoms with van der Waals surface area (Å²) in [6.45, 7) is 7.26. The Morgan fingerprint density at radius 2 is 2.36 bits per heavy atom. The van der Waals surface area contributed by atoms with E-state index in [0.717, 1.165) is 30.8 Å². The SMILES string of the molecule is CCN1CCOC(C(=O)NC(C)Cc2cccc(OC)c2)C1. The van der Waals surface area contributed by atoms with Crippen molar-refractivity contribution in [3.8, 4) is 5.75 Å². The van der Waals surface area contributed by atoms with Gasteiger partial charge in [0.2, 0.25) is 0 Å². The molecule has 1 aliphatic rings. The van der Waals surface area contributed by atoms with Gasteiger partial charge in [0.15, 0.2) is 0 Å². The summed E-state index contributed by atoms with van der Waals surface area (Å²) >= 11 is 0. The third-order valence-electron chi connectivity index (χ3n) is 3.95. The number of amides is 1. The summed E-state index contributed by atoms with van der Waals surface area (Å²) in [5, 5.41) is 3.05. The molecule has 2 atom stereocenters. The highest BCUT2D eigenvalue weighted by molar-refractivity contribution is 5.81. The topological polar surface area (TPSA) is 50.8 Å². The van der Waals surface area contributed by atoms with Crippen molar-refractivity contribution in [3.63, 3.8) is 0 Å². The molecule has 0 aromatic heterocycles. The Kier molecular flexibility index (Phi) is 6.21. The van der Waals surface area contributed by atoms with E-state index in [1.54, 1.807) is 7.11 Å². The number of rotatable bonds is 6. The maximum Gasteiger partial charge on any atom is 0.250 e. The zero-order valence-corrected chi connectivity index (χ0v) is 13.7. The Morgan fingerprint density at radius 3 is 3.09 bits per heavy atom. The van der Waals surface area contributed by atoms with Gasteiger partial charge in [0.05, 0.1) is 13.7 Å². The van der Waals surface area contributed by atoms with Crippen molar-refractivity contribution < 1.29 is 14.3 Å². The second-order valence-corrected chi connectivity index (χ2v) is 5.72. The number of benzene rings is 1. The Balaban J connectivity index is 1.85. The first-order chi connectivity index (χ1) is 10.6. The smallest absolute Gasteiger partial charge is 0.250 e. The number of carbonyl (C=O) groups is 1. The van der Waals surface area contributed by atoms with E-state index in [1.165, 1.54) is 0 Å². The summed E-state index contributed by atoms with van der Waals surface area (Å²) in [7, 11) is 1.66. The molecule has 1 aliphatic heterocycles. The van der Waals surface area contributed by atoms with Gasteiger partial charge in [0.25, 0.3) is 5.91 Å². The minimum Gasteiger partial charge on any atom is -0.497 e. The lowest BCUT2D eigenvalue weighted by atomic mass is 10.1. The van der Waals surface area contributed by atoms with Gasteiger partial charge in [-0.2, -0.15) is 0 Å². The lowest BCUT2D eigenvalue weighted by Crippen LogP contribution is -2.51. The van der Waals surface area contributed by atoms with Crippen LogP contribution in [0.2, 0.25) is 0 Å². The van der Waals surface area contributed by atoms with Gasteiger partial charge in [-0.3, -0.25) is 9.69 Å². The summed E-state index contributed by atoms with van der Waals surface area (Å²) in [6.07, 6.45) is 0.411. The zero-order valence-electron chi connectivity index (χ0n) is 13.7. The van der Waals surface area contributed by atoms with Crippen molar-refractivity contribution in [1.82, 2.24) is 10.2 Å². The van der Waals surface area contributed by atoms with Crippen LogP contribution in [0.4, 0.5) is 0 Å². The first-order valence-corrected chi connectivity index (χ1v) is 7.89. The number of hydrogen-bond donors (Lipinski definition) is 1. The van der Waals surface area contributed by atoms with Gasteiger partial charge in [-0.15, -0.1) is 0 Å². The Hall–Kier alpha value is -1.59. The first-order valence-electron chi connectivity index (χ1n) is 7.89. The zero-order chi connectivity index (χ0) is 15.9. The molecular weight excluding hydrogens is 280 g/mol. The van der Waals surface area contributed by atoms with Gasteiger partial charge in [-0.25, -0.2) is 0 Å². The summed E-state index contributed by atoms with van der Waals surface area (Å²) in [5.74, 6) is 0.818. The Bertz CT molecular complexity index is 493. The second kappa shape index (κ2) is 8.15. The highest BCUT2D eigenvalue weighted by Crippen LogP contribution is 2.14. The fourth-order valence-electron chi connectivity index (χ4n) is 2.69. The average molecular weight is 306 g/mol. The molecule has 2 rings (SSSR count). The largest absolute Gasteiger partial charge is 0.497 e. The normalized spacial score (nSPS) is 20.4. The number of nitrogens with one attached hydrogen (secondary N) is 1. The van der Waals surface area contributed by atoms with Crippen molar-refractivity contribution >= 4 is 5.91 Å². The summed E-state index contributed by atoms with van der Waals surface area (Å²) in [4.78, 5) is 14.5. The van der Waals surface area contributed by atoms with Crippen LogP contribution in [-0.4, -0.2) is 56.3 Å². The van der Waals surface area contributed by atoms with Crippen molar-refractivity contribution in [2.75, 3.05) is 33.4 Å². The fraction of sp³-hybridized carbons (Fsp3) is 0.588. The molecule has 1 heterocycles. The van der Waals surface area contributed by atoms with E-state index in [0.29, 0.717) is 13.2 Å². The molecule has 0 saturated carbocycles. The molecule has 1 aromatic rings. The summed E-state index contributed by atoms with van der Waals surface area (Å²) in [5.41, 5.74) is 1.15. The lowest BCUT2D eigenvalue weighted by Gasteiger charge is -2.31. The molecule has 0 bridgehead atoms. The van der Waals surface area contributed by atoms with Crippen LogP contribution in [0.15, 0.2) is 24.3 Å². The third-order valence-corrected chi connectivity index (χ3v) is 3.95. The van der Waals surface area contributed by atoms with E-state index in [9.17, 15) is 4.79 Å². The minimum absolute atomic E-state index is 0.0199. The molecule has 0 spiro atoms. The van der Waals surface area contributed by atoms with Gasteiger partial charge in [-0.05, 0) is 37.6 Å². The van der Waals surface area contributed by atoms with Crippen LogP contribution in [0.3, 0.4) is 0 Å². The molecule has 1 aromatic carbocycles. The molecule has 1 amide bonds. The highest BCUT2D eigenvalue weighted by Gasteiger charge is 2.26. The number of nitrogens with zero attached hydrogens (tertiary/aromatic N) is 1. The van der Waals surface area contributed by atoms with Gasteiger partial charge in [0, 0.05) is 19.1 Å². The predicted octanol–water partition coefficient (Wildman–Crippen LogP) is 1.46. The van der Waals surface area contributed by atoms with E-state index < -0.39 is 0 Å². The number of likely N-dealkylation sites (N-methyl/N-ethyl adjacent to an activating group) is 1. The lowest BCUT2D eigenvalue weighted by molar-refractivity contribution is -0.139. The van der Waals surface area contributed by atoms with Gasteiger partial charge in [-0.1, -0.05) is 19.1 Å². The standard InChI is InChI=1S/C17H26N2O3/c1-4-19-8-9-22-16(12-19)17(20)18-13(2)10-14-6-5-7-15(11-14)21-3/h5-7,11,13,16H,4,8-10,12H2,1-3H3,(H,18,20). The summed E-state index contributed by atoms with van der Waals surface area (Å²) in [6, 6.07) is 7.98. The number of methoxy groups -OCH3 is 1. The molecule has 122 valence electrons. The molecule has 0 aliphatic carbocycles. The van der Waals surface area contributed by atoms with Crippen molar-refractivity contribution in [1.29, 1.82) is 0 Å². The molecule has 5 nitrogen and oxygen atoms in total. The van der Waals surface area contributed by atoms with Crippen LogP contribution in [0, 0.1) is 0 Å². The van der Waals surface area contributed by atoms with E-state index in [1.807, 2.05) is 31.2 Å². The molecular formula is C17H26N2O3. The average Bonchev–Trinajstić information content (AvgIpc) is 2.54. The molecule has 22 heavy (non-hydrogen) atoms. The maximum absolute atomic E-state index is 12.3. The van der Waals surface area contributed by atoms with Crippen molar-refractivity contribution in [3.05, 3.63) is 29.8 Å². The van der Waals surface area contributed by atoms with E-state index >= 15 is 0 Å². The van der Waals surface area contributed by atoms with Crippen LogP contribution >= 0.6 is 0 Å². The molecule has 5 heteroatoms. The van der Waals surface area contributed by atoms with Crippen LogP contribution in [0.1, 0.15) is 19.4 Å². The van der Waals surface area contributed by atoms with Crippen LogP contribution < -0.4 is 10.1 Å². The molecule has 1 N–H and O–H groups in total. The maximum atomic E-state index is 12.3. The Labute approximate surface area is 132 Å². The minimum atomic E-state index is -0.360. The molecule has 0 radical (unpaired) electrons. The van der Waals surface area contributed by atoms with Crippen LogP contribution in [0.25, 0.3) is 0 Å². The van der Waals surface area contributed by atoms with Gasteiger partial charge < -0.3 is 14.8 Å². The van der Waals surface area contributed by atoms with Crippen LogP contribution in [0.5, 0.6) is 5.75 Å². The monoisotopic (exact) mass is 306 g/mol. The number of ether oxygens (including phenoxy) is 2. The van der Waals surface area contributed by atoms with Crippen molar-refractivity contribution in [2.24, 2.45) is 0 Å².